The molecule has 27 heavy (non-hydrogen) atoms. The molecule has 136 valence electrons. The molecule has 4 rings (SSSR count). The maximum atomic E-state index is 11.9. The summed E-state index contributed by atoms with van der Waals surface area (Å²) in [5.74, 6) is 3.65. The molecule has 4 aromatic rings. The highest BCUT2D eigenvalue weighted by Gasteiger charge is 2.08. The van der Waals surface area contributed by atoms with Crippen LogP contribution in [0.2, 0.25) is 0 Å². The van der Waals surface area contributed by atoms with E-state index in [4.69, 9.17) is 5.73 Å². The Balaban J connectivity index is 1.80. The van der Waals surface area contributed by atoms with Crippen LogP contribution < -0.4 is 10.5 Å². The molecule has 3 N–H and O–H groups in total. The summed E-state index contributed by atoms with van der Waals surface area (Å²) in [6.45, 7) is 0. The van der Waals surface area contributed by atoms with Gasteiger partial charge in [-0.25, -0.2) is 9.19 Å². The van der Waals surface area contributed by atoms with Gasteiger partial charge in [-0.1, -0.05) is 24.3 Å². The van der Waals surface area contributed by atoms with E-state index in [1.165, 1.54) is 0 Å². The molecule has 0 aliphatic carbocycles. The first-order valence-corrected chi connectivity index (χ1v) is 10.6. The van der Waals surface area contributed by atoms with Crippen molar-refractivity contribution in [3.05, 3.63) is 73.1 Å². The van der Waals surface area contributed by atoms with Gasteiger partial charge in [0.05, 0.1) is 11.0 Å². The molecule has 5 nitrogen and oxygen atoms in total. The van der Waals surface area contributed by atoms with Crippen molar-refractivity contribution in [2.24, 2.45) is 0 Å². The van der Waals surface area contributed by atoms with Crippen molar-refractivity contribution in [2.75, 3.05) is 16.7 Å². The van der Waals surface area contributed by atoms with Crippen LogP contribution in [0.5, 0.6) is 0 Å². The minimum absolute atomic E-state index is 0.743. The lowest BCUT2D eigenvalue weighted by atomic mass is 10.0. The second-order valence-electron chi connectivity index (χ2n) is 6.60. The van der Waals surface area contributed by atoms with Gasteiger partial charge in [-0.3, -0.25) is 4.57 Å². The molecule has 0 radical (unpaired) electrons. The van der Waals surface area contributed by atoms with Gasteiger partial charge in [0, 0.05) is 33.0 Å². The Bertz CT molecular complexity index is 1220. The predicted molar refractivity (Wildman–Crippen MR) is 116 cm³/mol. The third-order valence-corrected chi connectivity index (χ3v) is 4.92. The maximum absolute atomic E-state index is 11.9. The van der Waals surface area contributed by atoms with E-state index in [0.29, 0.717) is 0 Å². The van der Waals surface area contributed by atoms with Gasteiger partial charge < -0.3 is 10.5 Å². The molecule has 1 unspecified atom stereocenters. The van der Waals surface area contributed by atoms with E-state index in [1.54, 1.807) is 12.6 Å². The van der Waals surface area contributed by atoms with Gasteiger partial charge >= 0.3 is 0 Å². The average Bonchev–Trinajstić information content (AvgIpc) is 3.04. The molecule has 0 amide bonds. The summed E-state index contributed by atoms with van der Waals surface area (Å²) in [5, 5.41) is 0. The number of hydrogen-bond acceptors (Lipinski definition) is 3. The molecule has 0 spiro atoms. The Kier molecular flexibility index (Phi) is 4.12. The second-order valence-corrected chi connectivity index (χ2v) is 8.81. The number of fused-ring (bicyclic) bond motifs is 1. The van der Waals surface area contributed by atoms with E-state index in [-0.39, 0.29) is 0 Å². The van der Waals surface area contributed by atoms with Crippen molar-refractivity contribution >= 4 is 38.0 Å². The lowest BCUT2D eigenvalue weighted by molar-refractivity contribution is 0.688. The number of benzene rings is 3. The normalized spacial score (nSPS) is 13.4. The highest BCUT2D eigenvalue weighted by atomic mass is 32.2. The van der Waals surface area contributed by atoms with Crippen LogP contribution in [-0.2, 0) is 9.71 Å². The summed E-state index contributed by atoms with van der Waals surface area (Å²) in [7, 11) is -2.34. The fourth-order valence-electron chi connectivity index (χ4n) is 3.04. The lowest BCUT2D eigenvalue weighted by Gasteiger charge is -2.11. The number of rotatable bonds is 4. The van der Waals surface area contributed by atoms with Crippen LogP contribution in [0, 0.1) is 0 Å². The number of hydrogen-bond donors (Lipinski definition) is 2. The third-order valence-electron chi connectivity index (χ3n) is 4.25. The molecule has 0 aliphatic rings. The fraction of sp³-hybridized carbons (Fsp3) is 0.0476. The molecule has 1 heterocycles. The number of nitrogen functional groups attached to an aromatic ring is 1. The molecular weight excluding hydrogens is 356 g/mol. The summed E-state index contributed by atoms with van der Waals surface area (Å²) in [4.78, 5) is 4.50. The van der Waals surface area contributed by atoms with Crippen molar-refractivity contribution in [3.8, 4) is 16.8 Å². The Morgan fingerprint density at radius 3 is 2.52 bits per heavy atom. The van der Waals surface area contributed by atoms with Crippen LogP contribution in [0.1, 0.15) is 0 Å². The van der Waals surface area contributed by atoms with E-state index < -0.39 is 9.71 Å². The summed E-state index contributed by atoms with van der Waals surface area (Å²) in [6, 6.07) is 21.7. The Morgan fingerprint density at radius 1 is 1.04 bits per heavy atom. The number of imidazole rings is 1. The smallest absolute Gasteiger partial charge is 0.100 e. The molecule has 0 fully saturated rings. The van der Waals surface area contributed by atoms with Crippen molar-refractivity contribution in [1.82, 2.24) is 9.55 Å². The van der Waals surface area contributed by atoms with Gasteiger partial charge in [0.2, 0.25) is 0 Å². The second kappa shape index (κ2) is 6.48. The van der Waals surface area contributed by atoms with Gasteiger partial charge in [0.15, 0.2) is 0 Å². The van der Waals surface area contributed by atoms with E-state index >= 15 is 0 Å². The van der Waals surface area contributed by atoms with Crippen LogP contribution in [0.25, 0.3) is 27.8 Å². The topological polar surface area (TPSA) is 72.9 Å². The van der Waals surface area contributed by atoms with Gasteiger partial charge in [0.1, 0.15) is 6.33 Å². The van der Waals surface area contributed by atoms with Crippen LogP contribution in [0.3, 0.4) is 0 Å². The Morgan fingerprint density at radius 2 is 1.78 bits per heavy atom. The number of nitrogens with two attached hydrogens (primary N) is 1. The zero-order chi connectivity index (χ0) is 19.0. The number of aromatic nitrogens is 2. The molecule has 0 bridgehead atoms. The van der Waals surface area contributed by atoms with Crippen molar-refractivity contribution in [1.29, 1.82) is 0 Å². The van der Waals surface area contributed by atoms with Crippen molar-refractivity contribution in [3.63, 3.8) is 0 Å². The van der Waals surface area contributed by atoms with Gasteiger partial charge in [-0.15, -0.1) is 0 Å². The van der Waals surface area contributed by atoms with Crippen LogP contribution in [-0.4, -0.2) is 25.9 Å². The van der Waals surface area contributed by atoms with E-state index in [0.717, 1.165) is 39.2 Å². The quantitative estimate of drug-likeness (QED) is 0.418. The molecule has 1 aromatic heterocycles. The first-order chi connectivity index (χ1) is 12.9. The van der Waals surface area contributed by atoms with E-state index in [1.807, 2.05) is 59.2 Å². The highest BCUT2D eigenvalue weighted by Crippen LogP contribution is 2.27. The molecule has 0 saturated heterocycles. The molecule has 0 aliphatic heterocycles. The maximum Gasteiger partial charge on any atom is 0.100 e. The van der Waals surface area contributed by atoms with Gasteiger partial charge in [-0.05, 0) is 59.5 Å². The van der Waals surface area contributed by atoms with E-state index in [2.05, 4.69) is 27.7 Å². The Hall–Kier alpha value is -3.25. The zero-order valence-corrected chi connectivity index (χ0v) is 15.7. The molecule has 3 aromatic carbocycles. The summed E-state index contributed by atoms with van der Waals surface area (Å²) in [6.07, 6.45) is 3.37. The lowest BCUT2D eigenvalue weighted by Crippen LogP contribution is -2.09. The minimum atomic E-state index is -2.34. The summed E-state index contributed by atoms with van der Waals surface area (Å²) in [5.41, 5.74) is 12.3. The summed E-state index contributed by atoms with van der Waals surface area (Å²) < 4.78 is 16.9. The molecule has 6 heteroatoms. The summed E-state index contributed by atoms with van der Waals surface area (Å²) >= 11 is 0. The van der Waals surface area contributed by atoms with Crippen molar-refractivity contribution < 1.29 is 4.21 Å². The zero-order valence-electron chi connectivity index (χ0n) is 14.9. The first kappa shape index (κ1) is 17.2. The molecular formula is C21H20N4OS. The standard InChI is InChI=1S/C21H20N4OS/c1-27(2,26)24-18-4-3-5-19(13-18)25-14-23-20-11-8-16(12-21(20)25)15-6-9-17(22)10-7-15/h3-14H,1,22H2,2H3,(H,24,26). The molecule has 1 atom stereocenters. The Labute approximate surface area is 158 Å². The number of nitrogens with zero attached hydrogens (tertiary/aromatic N) is 2. The monoisotopic (exact) mass is 376 g/mol. The SMILES string of the molecule is C=S(C)(=O)Nc1cccc(-n2cnc3ccc(-c4ccc(N)cc4)cc32)c1. The number of anilines is 2. The first-order valence-electron chi connectivity index (χ1n) is 8.42. The minimum Gasteiger partial charge on any atom is -0.399 e. The predicted octanol–water partition coefficient (Wildman–Crippen LogP) is 3.95. The highest BCUT2D eigenvalue weighted by molar-refractivity contribution is 8.00. The number of nitrogens with one attached hydrogen (secondary N) is 1. The van der Waals surface area contributed by atoms with Crippen molar-refractivity contribution in [2.45, 2.75) is 0 Å². The largest absolute Gasteiger partial charge is 0.399 e. The van der Waals surface area contributed by atoms with Crippen LogP contribution in [0.15, 0.2) is 73.1 Å². The van der Waals surface area contributed by atoms with Crippen LogP contribution >= 0.6 is 0 Å². The van der Waals surface area contributed by atoms with E-state index in [9.17, 15) is 4.21 Å². The average molecular weight is 376 g/mol. The fourth-order valence-corrected chi connectivity index (χ4v) is 3.66. The van der Waals surface area contributed by atoms with Gasteiger partial charge in [0.25, 0.3) is 0 Å². The molecule has 0 saturated carbocycles. The van der Waals surface area contributed by atoms with Gasteiger partial charge in [-0.2, -0.15) is 0 Å². The third kappa shape index (κ3) is 3.66. The van der Waals surface area contributed by atoms with Crippen LogP contribution in [0.4, 0.5) is 11.4 Å².